The van der Waals surface area contributed by atoms with Gasteiger partial charge in [0.1, 0.15) is 23.8 Å². The van der Waals surface area contributed by atoms with E-state index in [1.165, 1.54) is 26.1 Å². The average molecular weight is 899 g/mol. The molecule has 3 aromatic carbocycles. The van der Waals surface area contributed by atoms with E-state index < -0.39 is 83.1 Å². The summed E-state index contributed by atoms with van der Waals surface area (Å²) in [4.78, 5) is 29.1. The maximum atomic E-state index is 17.1. The zero-order chi connectivity index (χ0) is 45.2. The van der Waals surface area contributed by atoms with E-state index in [1.54, 1.807) is 12.2 Å². The Morgan fingerprint density at radius 1 is 0.839 bits per heavy atom. The molecule has 0 spiro atoms. The summed E-state index contributed by atoms with van der Waals surface area (Å²) in [5.41, 5.74) is -2.07. The molecule has 0 saturated heterocycles. The van der Waals surface area contributed by atoms with Crippen molar-refractivity contribution in [3.05, 3.63) is 97.1 Å². The van der Waals surface area contributed by atoms with Crippen molar-refractivity contribution < 1.29 is 57.8 Å². The SMILES string of the molecule is CC(=O)CCCN(C)C(=O)c1c(F)c(F)c(F)c(F)c1C1=c2cc3c4c(c2Oc2c1cc1c5c2CCCN5C(C)(C)C=C1CS(=O)(=O)[O-])CCC[N+]=4C(C)(C)C=C3CS(=O)(=O)[O-]. The Bertz CT molecular complexity index is 3000. The van der Waals surface area contributed by atoms with Gasteiger partial charge in [-0.3, -0.25) is 4.79 Å². The van der Waals surface area contributed by atoms with Crippen molar-refractivity contribution in [2.24, 2.45) is 0 Å². The Hall–Kier alpha value is -4.91. The van der Waals surface area contributed by atoms with Gasteiger partial charge in [-0.2, -0.15) is 0 Å². The van der Waals surface area contributed by atoms with Gasteiger partial charge >= 0.3 is 0 Å². The molecule has 0 radical (unpaired) electrons. The second kappa shape index (κ2) is 14.8. The molecule has 0 N–H and O–H groups in total. The van der Waals surface area contributed by atoms with Crippen molar-refractivity contribution in [2.45, 2.75) is 84.2 Å². The third-order valence-corrected chi connectivity index (χ3v) is 13.8. The number of benzene rings is 3. The van der Waals surface area contributed by atoms with E-state index in [9.17, 15) is 35.5 Å². The highest BCUT2D eigenvalue weighted by atomic mass is 32.2. The molecule has 12 nitrogen and oxygen atoms in total. The first-order valence-electron chi connectivity index (χ1n) is 20.2. The number of amides is 1. The van der Waals surface area contributed by atoms with Crippen LogP contribution >= 0.6 is 0 Å². The van der Waals surface area contributed by atoms with Gasteiger partial charge in [-0.25, -0.2) is 39.0 Å². The third kappa shape index (κ3) is 7.25. The molecule has 62 heavy (non-hydrogen) atoms. The quantitative estimate of drug-likeness (QED) is 0.0718. The Morgan fingerprint density at radius 3 is 2.11 bits per heavy atom. The Kier molecular flexibility index (Phi) is 10.5. The smallest absolute Gasteiger partial charge is 0.257 e. The molecule has 0 aliphatic carbocycles. The van der Waals surface area contributed by atoms with E-state index in [2.05, 4.69) is 0 Å². The molecule has 0 aromatic heterocycles. The Morgan fingerprint density at radius 2 is 1.47 bits per heavy atom. The second-order valence-electron chi connectivity index (χ2n) is 17.8. The van der Waals surface area contributed by atoms with Crippen LogP contribution in [0.1, 0.15) is 104 Å². The summed E-state index contributed by atoms with van der Waals surface area (Å²) in [6.45, 7) is 9.57. The predicted molar refractivity (Wildman–Crippen MR) is 220 cm³/mol. The number of nitrogens with zero attached hydrogens (tertiary/aromatic N) is 3. The minimum atomic E-state index is -4.92. The highest BCUT2D eigenvalue weighted by Crippen LogP contribution is 2.53. The molecule has 3 aromatic rings. The van der Waals surface area contributed by atoms with Gasteiger partial charge in [-0.1, -0.05) is 6.08 Å². The topological polar surface area (TPSA) is 167 Å². The van der Waals surface area contributed by atoms with Gasteiger partial charge in [0, 0.05) is 79.9 Å². The lowest BCUT2D eigenvalue weighted by Crippen LogP contribution is -2.54. The predicted octanol–water partition coefficient (Wildman–Crippen LogP) is 4.67. The van der Waals surface area contributed by atoms with E-state index in [4.69, 9.17) is 4.74 Å². The normalized spacial score (nSPS) is 18.2. The fraction of sp³-hybridized carbons (Fsp3) is 0.432. The molecule has 1 amide bonds. The lowest BCUT2D eigenvalue weighted by Gasteiger charge is -2.48. The molecule has 0 saturated carbocycles. The van der Waals surface area contributed by atoms with E-state index >= 15 is 17.6 Å². The zero-order valence-electron chi connectivity index (χ0n) is 34.9. The number of Topliss-reactive ketones (excluding diaryl/α,β-unsaturated/α-hetero) is 1. The molecule has 5 aliphatic heterocycles. The van der Waals surface area contributed by atoms with Gasteiger partial charge in [0.2, 0.25) is 5.36 Å². The maximum absolute atomic E-state index is 17.1. The van der Waals surface area contributed by atoms with E-state index in [1.807, 2.05) is 37.2 Å². The van der Waals surface area contributed by atoms with Crippen molar-refractivity contribution in [3.8, 4) is 11.5 Å². The Labute approximate surface area is 356 Å². The Balaban J connectivity index is 1.57. The maximum Gasteiger partial charge on any atom is 0.257 e. The van der Waals surface area contributed by atoms with Crippen LogP contribution in [-0.2, 0) is 37.9 Å². The third-order valence-electron chi connectivity index (χ3n) is 12.5. The summed E-state index contributed by atoms with van der Waals surface area (Å²) in [5, 5.41) is 0.458. The van der Waals surface area contributed by atoms with Gasteiger partial charge in [-0.15, -0.1) is 0 Å². The van der Waals surface area contributed by atoms with Crippen LogP contribution in [0.25, 0.3) is 16.7 Å². The highest BCUT2D eigenvalue weighted by Gasteiger charge is 2.44. The summed E-state index contributed by atoms with van der Waals surface area (Å²) in [6.07, 6.45) is 5.10. The monoisotopic (exact) mass is 898 g/mol. The number of carbonyl (C=O) groups excluding carboxylic acids is 2. The van der Waals surface area contributed by atoms with E-state index in [-0.39, 0.29) is 75.3 Å². The number of fused-ring (bicyclic) bond motifs is 4. The van der Waals surface area contributed by atoms with Crippen LogP contribution in [0.15, 0.2) is 24.3 Å². The van der Waals surface area contributed by atoms with Crippen molar-refractivity contribution in [3.63, 3.8) is 0 Å². The van der Waals surface area contributed by atoms with E-state index in [0.29, 0.717) is 60.9 Å². The standard InChI is InChI=1S/C44H45F4N3O9S2/c1-22(52)10-7-13-49(6)42(53)33-32(34(45)36(47)37(48)35(33)46)31-29-16-27-23(20-61(54,55)56)18-43(2,3)50-14-8-11-25(38(27)50)40(29)60-41-26-12-9-15-51-39(26)28(17-30(31)41)24(19-44(51,4)5)21-62(57,58)59/h16-19H,7-15,20-21H2,1-6H3,(H-,54,55,56,57,58,59)/p-1. The summed E-state index contributed by atoms with van der Waals surface area (Å²) in [6, 6.07) is 2.83. The first-order valence-corrected chi connectivity index (χ1v) is 23.4. The van der Waals surface area contributed by atoms with Crippen LogP contribution < -0.4 is 24.8 Å². The van der Waals surface area contributed by atoms with Crippen LogP contribution in [0.3, 0.4) is 0 Å². The van der Waals surface area contributed by atoms with Gasteiger partial charge in [0.15, 0.2) is 28.8 Å². The summed E-state index contributed by atoms with van der Waals surface area (Å²) in [5.74, 6) is -11.6. The number of anilines is 1. The summed E-state index contributed by atoms with van der Waals surface area (Å²) in [7, 11) is -8.60. The van der Waals surface area contributed by atoms with Gasteiger partial charge in [-0.05, 0) is 75.8 Å². The van der Waals surface area contributed by atoms with Gasteiger partial charge in [0.25, 0.3) is 5.91 Å². The van der Waals surface area contributed by atoms with Crippen LogP contribution in [0.5, 0.6) is 11.5 Å². The molecular formula is C44H44F4N3O9S2-. The minimum Gasteiger partial charge on any atom is -0.748 e. The molecule has 0 fully saturated rings. The number of ketones is 1. The van der Waals surface area contributed by atoms with Crippen molar-refractivity contribution in [1.29, 1.82) is 0 Å². The number of halogens is 4. The van der Waals surface area contributed by atoms with Crippen LogP contribution in [0.2, 0.25) is 0 Å². The summed E-state index contributed by atoms with van der Waals surface area (Å²) >= 11 is 0. The molecule has 330 valence electrons. The molecule has 18 heteroatoms. The van der Waals surface area contributed by atoms with Crippen molar-refractivity contribution >= 4 is 54.3 Å². The number of ether oxygens (including phenoxy) is 1. The van der Waals surface area contributed by atoms with Crippen molar-refractivity contribution in [2.75, 3.05) is 43.1 Å². The molecule has 5 aliphatic rings. The molecule has 0 bridgehead atoms. The summed E-state index contributed by atoms with van der Waals surface area (Å²) < 4.78 is 149. The fourth-order valence-corrected chi connectivity index (χ4v) is 11.3. The zero-order valence-corrected chi connectivity index (χ0v) is 36.6. The first kappa shape index (κ1) is 43.7. The van der Waals surface area contributed by atoms with Crippen molar-refractivity contribution in [1.82, 2.24) is 9.48 Å². The lowest BCUT2D eigenvalue weighted by atomic mass is 9.78. The number of rotatable bonds is 10. The fourth-order valence-electron chi connectivity index (χ4n) is 10.0. The molecule has 0 atom stereocenters. The molecule has 0 unspecified atom stereocenters. The van der Waals surface area contributed by atoms with Crippen LogP contribution in [0, 0.1) is 23.3 Å². The molecule has 8 rings (SSSR count). The molecular weight excluding hydrogens is 855 g/mol. The van der Waals surface area contributed by atoms with Crippen LogP contribution in [-0.4, -0.2) is 91.8 Å². The number of hydrogen-bond donors (Lipinski definition) is 0. The van der Waals surface area contributed by atoms with E-state index in [0.717, 1.165) is 4.90 Å². The van der Waals surface area contributed by atoms with Gasteiger partial charge in [0.05, 0.1) is 59.7 Å². The minimum absolute atomic E-state index is 0.0296. The van der Waals surface area contributed by atoms with Crippen LogP contribution in [0.4, 0.5) is 23.2 Å². The lowest BCUT2D eigenvalue weighted by molar-refractivity contribution is -0.117. The first-order chi connectivity index (χ1) is 28.8. The van der Waals surface area contributed by atoms with Gasteiger partial charge < -0.3 is 28.4 Å². The number of carbonyl (C=O) groups is 2. The average Bonchev–Trinajstić information content (AvgIpc) is 3.16. The second-order valence-corrected chi connectivity index (χ2v) is 20.6. The number of hydrogen-bond acceptors (Lipinski definition) is 10. The molecule has 5 heterocycles. The highest BCUT2D eigenvalue weighted by molar-refractivity contribution is 7.86. The largest absolute Gasteiger partial charge is 0.748 e.